The van der Waals surface area contributed by atoms with Gasteiger partial charge in [-0.15, -0.1) is 0 Å². The third kappa shape index (κ3) is 3.98. The van der Waals surface area contributed by atoms with Crippen LogP contribution in [0.3, 0.4) is 0 Å². The highest BCUT2D eigenvalue weighted by Crippen LogP contribution is 2.30. The smallest absolute Gasteiger partial charge is 0.252 e. The summed E-state index contributed by atoms with van der Waals surface area (Å²) in [5.74, 6) is 1.48. The Morgan fingerprint density at radius 3 is 2.60 bits per heavy atom. The number of hydrogen-bond donors (Lipinski definition) is 2. The van der Waals surface area contributed by atoms with Gasteiger partial charge in [-0.25, -0.2) is 0 Å². The summed E-state index contributed by atoms with van der Waals surface area (Å²) in [7, 11) is 0. The van der Waals surface area contributed by atoms with Gasteiger partial charge in [0.1, 0.15) is 0 Å². The quantitative estimate of drug-likeness (QED) is 0.816. The molecule has 0 saturated heterocycles. The molecule has 3 N–H and O–H groups in total. The van der Waals surface area contributed by atoms with Gasteiger partial charge >= 0.3 is 0 Å². The summed E-state index contributed by atoms with van der Waals surface area (Å²) in [5, 5.41) is 3.05. The lowest BCUT2D eigenvalue weighted by molar-refractivity contribution is 0.0940. The second-order valence-electron chi connectivity index (χ2n) is 5.74. The molecule has 1 aliphatic carbocycles. The van der Waals surface area contributed by atoms with E-state index < -0.39 is 0 Å². The number of nitrogens with one attached hydrogen (secondary N) is 1. The van der Waals surface area contributed by atoms with Gasteiger partial charge in [-0.2, -0.15) is 0 Å². The molecule has 0 radical (unpaired) electrons. The van der Waals surface area contributed by atoms with Crippen LogP contribution in [-0.2, 0) is 0 Å². The van der Waals surface area contributed by atoms with Crippen LogP contribution in [0.4, 0.5) is 5.69 Å². The minimum Gasteiger partial charge on any atom is -0.399 e. The Hall–Kier alpha value is -1.03. The molecule has 2 rings (SSSR count). The summed E-state index contributed by atoms with van der Waals surface area (Å²) in [6.07, 6.45) is 6.36. The Bertz CT molecular complexity index is 468. The molecule has 110 valence electrons. The van der Waals surface area contributed by atoms with E-state index in [1.807, 2.05) is 6.07 Å². The van der Waals surface area contributed by atoms with Gasteiger partial charge in [-0.3, -0.25) is 4.79 Å². The number of rotatable bonds is 4. The molecule has 0 atom stereocenters. The van der Waals surface area contributed by atoms with Gasteiger partial charge in [-0.1, -0.05) is 26.2 Å². The van der Waals surface area contributed by atoms with E-state index in [-0.39, 0.29) is 5.91 Å². The second-order valence-corrected chi connectivity index (χ2v) is 6.60. The Labute approximate surface area is 129 Å². The van der Waals surface area contributed by atoms with Crippen LogP contribution in [0.1, 0.15) is 49.4 Å². The van der Waals surface area contributed by atoms with Crippen LogP contribution >= 0.6 is 15.9 Å². The van der Waals surface area contributed by atoms with Crippen molar-refractivity contribution in [3.8, 4) is 0 Å². The fraction of sp³-hybridized carbons (Fsp3) is 0.562. The zero-order chi connectivity index (χ0) is 14.5. The van der Waals surface area contributed by atoms with E-state index in [0.717, 1.165) is 16.9 Å². The van der Waals surface area contributed by atoms with Gasteiger partial charge in [-0.05, 0) is 58.8 Å². The van der Waals surface area contributed by atoms with Crippen LogP contribution in [0, 0.1) is 11.8 Å². The molecule has 20 heavy (non-hydrogen) atoms. The maximum Gasteiger partial charge on any atom is 0.252 e. The van der Waals surface area contributed by atoms with E-state index in [0.29, 0.717) is 17.2 Å². The summed E-state index contributed by atoms with van der Waals surface area (Å²) >= 11 is 3.40. The molecule has 4 heteroatoms. The number of benzene rings is 1. The number of nitrogens with two attached hydrogens (primary N) is 1. The van der Waals surface area contributed by atoms with Gasteiger partial charge in [0.15, 0.2) is 0 Å². The van der Waals surface area contributed by atoms with Crippen LogP contribution in [0.25, 0.3) is 0 Å². The predicted octanol–water partition coefficient (Wildman–Crippen LogP) is 3.98. The van der Waals surface area contributed by atoms with Gasteiger partial charge in [0, 0.05) is 16.7 Å². The van der Waals surface area contributed by atoms with E-state index in [9.17, 15) is 4.79 Å². The number of halogens is 1. The monoisotopic (exact) mass is 338 g/mol. The van der Waals surface area contributed by atoms with Gasteiger partial charge in [0.25, 0.3) is 5.91 Å². The fourth-order valence-electron chi connectivity index (χ4n) is 2.89. The zero-order valence-electron chi connectivity index (χ0n) is 12.0. The SMILES string of the molecule is CCC1CCC(CNC(=O)c2cc(N)ccc2Br)CC1. The van der Waals surface area contributed by atoms with Crippen LogP contribution in [0.15, 0.2) is 22.7 Å². The molecule has 0 bridgehead atoms. The molecule has 0 aliphatic heterocycles. The first kappa shape index (κ1) is 15.4. The molecule has 0 heterocycles. The molecule has 3 nitrogen and oxygen atoms in total. The van der Waals surface area contributed by atoms with Crippen LogP contribution in [0.2, 0.25) is 0 Å². The summed E-state index contributed by atoms with van der Waals surface area (Å²) in [6.45, 7) is 3.04. The van der Waals surface area contributed by atoms with Crippen molar-refractivity contribution >= 4 is 27.5 Å². The maximum absolute atomic E-state index is 12.2. The summed E-state index contributed by atoms with van der Waals surface area (Å²) < 4.78 is 0.791. The molecule has 1 aromatic rings. The first-order chi connectivity index (χ1) is 9.60. The highest BCUT2D eigenvalue weighted by atomic mass is 79.9. The molecule has 0 spiro atoms. The summed E-state index contributed by atoms with van der Waals surface area (Å²) in [4.78, 5) is 12.2. The van der Waals surface area contributed by atoms with Crippen molar-refractivity contribution in [1.82, 2.24) is 5.32 Å². The molecule has 1 fully saturated rings. The van der Waals surface area contributed by atoms with Crippen molar-refractivity contribution < 1.29 is 4.79 Å². The first-order valence-electron chi connectivity index (χ1n) is 7.43. The number of anilines is 1. The first-order valence-corrected chi connectivity index (χ1v) is 8.22. The lowest BCUT2D eigenvalue weighted by Gasteiger charge is -2.27. The lowest BCUT2D eigenvalue weighted by Crippen LogP contribution is -2.31. The molecule has 1 saturated carbocycles. The Balaban J connectivity index is 1.85. The number of hydrogen-bond acceptors (Lipinski definition) is 2. The standard InChI is InChI=1S/C16H23BrN2O/c1-2-11-3-5-12(6-4-11)10-19-16(20)14-9-13(18)7-8-15(14)17/h7-9,11-12H,2-6,10,18H2,1H3,(H,19,20). The number of nitrogen functional groups attached to an aromatic ring is 1. The van der Waals surface area contributed by atoms with Crippen molar-refractivity contribution in [2.24, 2.45) is 11.8 Å². The van der Waals surface area contributed by atoms with E-state index in [1.165, 1.54) is 32.1 Å². The Morgan fingerprint density at radius 1 is 1.30 bits per heavy atom. The molecular weight excluding hydrogens is 316 g/mol. The third-order valence-corrected chi connectivity index (χ3v) is 5.02. The second kappa shape index (κ2) is 7.11. The Kier molecular flexibility index (Phi) is 5.46. The molecule has 0 aromatic heterocycles. The fourth-order valence-corrected chi connectivity index (χ4v) is 3.32. The lowest BCUT2D eigenvalue weighted by atomic mass is 9.81. The summed E-state index contributed by atoms with van der Waals surface area (Å²) in [6, 6.07) is 5.32. The van der Waals surface area contributed by atoms with Gasteiger partial charge in [0.2, 0.25) is 0 Å². The minimum absolute atomic E-state index is 0.0400. The topological polar surface area (TPSA) is 55.1 Å². The highest BCUT2D eigenvalue weighted by Gasteiger charge is 2.20. The van der Waals surface area contributed by atoms with Crippen LogP contribution < -0.4 is 11.1 Å². The van der Waals surface area contributed by atoms with E-state index in [1.54, 1.807) is 12.1 Å². The van der Waals surface area contributed by atoms with Crippen LogP contribution in [0.5, 0.6) is 0 Å². The molecule has 1 amide bonds. The number of carbonyl (C=O) groups is 1. The molecule has 1 aliphatic rings. The number of amides is 1. The zero-order valence-corrected chi connectivity index (χ0v) is 13.6. The predicted molar refractivity (Wildman–Crippen MR) is 86.6 cm³/mol. The Morgan fingerprint density at radius 2 is 1.95 bits per heavy atom. The van der Waals surface area contributed by atoms with Crippen molar-refractivity contribution in [3.05, 3.63) is 28.2 Å². The average Bonchev–Trinajstić information content (AvgIpc) is 2.47. The number of carbonyl (C=O) groups excluding carboxylic acids is 1. The van der Waals surface area contributed by atoms with Gasteiger partial charge in [0.05, 0.1) is 5.56 Å². The highest BCUT2D eigenvalue weighted by molar-refractivity contribution is 9.10. The maximum atomic E-state index is 12.2. The average molecular weight is 339 g/mol. The van der Waals surface area contributed by atoms with Crippen molar-refractivity contribution in [2.75, 3.05) is 12.3 Å². The third-order valence-electron chi connectivity index (χ3n) is 4.33. The van der Waals surface area contributed by atoms with E-state index in [2.05, 4.69) is 28.2 Å². The normalized spacial score (nSPS) is 22.5. The van der Waals surface area contributed by atoms with Crippen LogP contribution in [-0.4, -0.2) is 12.5 Å². The summed E-state index contributed by atoms with van der Waals surface area (Å²) in [5.41, 5.74) is 6.96. The molecule has 1 aromatic carbocycles. The molecular formula is C16H23BrN2O. The van der Waals surface area contributed by atoms with E-state index >= 15 is 0 Å². The van der Waals surface area contributed by atoms with Crippen molar-refractivity contribution in [3.63, 3.8) is 0 Å². The minimum atomic E-state index is -0.0400. The van der Waals surface area contributed by atoms with E-state index in [4.69, 9.17) is 5.73 Å². The van der Waals surface area contributed by atoms with Crippen molar-refractivity contribution in [2.45, 2.75) is 39.0 Å². The van der Waals surface area contributed by atoms with Crippen molar-refractivity contribution in [1.29, 1.82) is 0 Å². The van der Waals surface area contributed by atoms with Gasteiger partial charge < -0.3 is 11.1 Å². The molecule has 0 unspecified atom stereocenters. The largest absolute Gasteiger partial charge is 0.399 e.